The second-order valence-electron chi connectivity index (χ2n) is 3.97. The molecule has 1 fully saturated rings. The highest BCUT2D eigenvalue weighted by Gasteiger charge is 2.43. The summed E-state index contributed by atoms with van der Waals surface area (Å²) >= 11 is 7.45. The van der Waals surface area contributed by atoms with Crippen LogP contribution in [-0.2, 0) is 0 Å². The molecule has 1 heterocycles. The van der Waals surface area contributed by atoms with Crippen molar-refractivity contribution >= 4 is 22.9 Å². The molecule has 2 nitrogen and oxygen atoms in total. The van der Waals surface area contributed by atoms with Crippen LogP contribution in [0.3, 0.4) is 0 Å². The molecule has 14 heavy (non-hydrogen) atoms. The van der Waals surface area contributed by atoms with Crippen molar-refractivity contribution in [3.63, 3.8) is 0 Å². The molecular weight excluding hydrogens is 218 g/mol. The summed E-state index contributed by atoms with van der Waals surface area (Å²) in [4.78, 5) is 0. The first-order valence-electron chi connectivity index (χ1n) is 4.81. The lowest BCUT2D eigenvalue weighted by Gasteiger charge is -2.44. The number of hydrogen-bond acceptors (Lipinski definition) is 3. The van der Waals surface area contributed by atoms with Gasteiger partial charge in [-0.2, -0.15) is 0 Å². The van der Waals surface area contributed by atoms with E-state index in [1.807, 2.05) is 11.4 Å². The van der Waals surface area contributed by atoms with E-state index in [0.29, 0.717) is 10.9 Å². The van der Waals surface area contributed by atoms with Gasteiger partial charge in [0.25, 0.3) is 0 Å². The molecule has 4 heteroatoms. The van der Waals surface area contributed by atoms with Crippen molar-refractivity contribution < 1.29 is 5.11 Å². The van der Waals surface area contributed by atoms with Gasteiger partial charge in [0.1, 0.15) is 0 Å². The Bertz CT molecular complexity index is 316. The Kier molecular flexibility index (Phi) is 2.84. The van der Waals surface area contributed by atoms with E-state index in [1.165, 1.54) is 11.3 Å². The lowest BCUT2D eigenvalue weighted by Crippen LogP contribution is -2.42. The molecule has 3 N–H and O–H groups in total. The van der Waals surface area contributed by atoms with Crippen LogP contribution in [0.2, 0.25) is 4.34 Å². The predicted molar refractivity (Wildman–Crippen MR) is 59.6 cm³/mol. The number of hydrogen-bond donors (Lipinski definition) is 2. The van der Waals surface area contributed by atoms with Crippen LogP contribution >= 0.6 is 22.9 Å². The third kappa shape index (κ3) is 1.48. The van der Waals surface area contributed by atoms with E-state index in [-0.39, 0.29) is 5.41 Å². The fourth-order valence-corrected chi connectivity index (χ4v) is 3.02. The molecule has 0 aromatic carbocycles. The fraction of sp³-hybridized carbons (Fsp3) is 0.600. The van der Waals surface area contributed by atoms with E-state index >= 15 is 0 Å². The molecule has 1 aromatic heterocycles. The van der Waals surface area contributed by atoms with Crippen molar-refractivity contribution in [2.45, 2.75) is 25.4 Å². The Hall–Kier alpha value is -0.0900. The largest absolute Gasteiger partial charge is 0.388 e. The molecule has 0 spiro atoms. The third-order valence-electron chi connectivity index (χ3n) is 3.28. The number of nitrogens with two attached hydrogens (primary N) is 1. The summed E-state index contributed by atoms with van der Waals surface area (Å²) in [5.74, 6) is 0. The molecule has 0 bridgehead atoms. The maximum atomic E-state index is 10.2. The van der Waals surface area contributed by atoms with Crippen LogP contribution in [0.15, 0.2) is 11.4 Å². The second-order valence-corrected chi connectivity index (χ2v) is 5.49. The zero-order valence-corrected chi connectivity index (χ0v) is 9.44. The van der Waals surface area contributed by atoms with Crippen molar-refractivity contribution in [3.8, 4) is 0 Å². The van der Waals surface area contributed by atoms with Crippen LogP contribution in [0.5, 0.6) is 0 Å². The number of aliphatic hydroxyl groups is 1. The van der Waals surface area contributed by atoms with Gasteiger partial charge in [-0.1, -0.05) is 18.0 Å². The van der Waals surface area contributed by atoms with E-state index in [2.05, 4.69) is 0 Å². The summed E-state index contributed by atoms with van der Waals surface area (Å²) in [6.07, 6.45) is 2.70. The van der Waals surface area contributed by atoms with Gasteiger partial charge >= 0.3 is 0 Å². The van der Waals surface area contributed by atoms with Gasteiger partial charge in [0.2, 0.25) is 0 Å². The maximum Gasteiger partial charge on any atom is 0.0986 e. The van der Waals surface area contributed by atoms with Gasteiger partial charge in [-0.3, -0.25) is 0 Å². The molecule has 1 aliphatic rings. The van der Waals surface area contributed by atoms with E-state index in [0.717, 1.165) is 24.8 Å². The molecule has 0 amide bonds. The zero-order chi connectivity index (χ0) is 10.2. The monoisotopic (exact) mass is 231 g/mol. The van der Waals surface area contributed by atoms with Gasteiger partial charge in [-0.25, -0.2) is 0 Å². The van der Waals surface area contributed by atoms with Gasteiger partial charge in [-0.15, -0.1) is 11.3 Å². The SMILES string of the molecule is NCC1(C(O)c2ccsc2Cl)CCC1. The zero-order valence-electron chi connectivity index (χ0n) is 7.87. The minimum absolute atomic E-state index is 0.106. The standard InChI is InChI=1S/C10H14ClNOS/c11-9-7(2-5-14-9)8(13)10(6-12)3-1-4-10/h2,5,8,13H,1,3-4,6,12H2. The van der Waals surface area contributed by atoms with E-state index in [4.69, 9.17) is 17.3 Å². The summed E-state index contributed by atoms with van der Waals surface area (Å²) in [6.45, 7) is 0.542. The van der Waals surface area contributed by atoms with Gasteiger partial charge in [0.05, 0.1) is 10.4 Å². The summed E-state index contributed by atoms with van der Waals surface area (Å²) in [6, 6.07) is 1.90. The Labute approximate surface area is 92.7 Å². The molecule has 0 aliphatic heterocycles. The minimum atomic E-state index is -0.486. The number of aliphatic hydroxyl groups excluding tert-OH is 1. The topological polar surface area (TPSA) is 46.2 Å². The molecule has 0 radical (unpaired) electrons. The Morgan fingerprint density at radius 3 is 2.71 bits per heavy atom. The van der Waals surface area contributed by atoms with Crippen LogP contribution < -0.4 is 5.73 Å². The van der Waals surface area contributed by atoms with Crippen molar-refractivity contribution in [1.29, 1.82) is 0 Å². The molecule has 0 saturated heterocycles. The van der Waals surface area contributed by atoms with Gasteiger partial charge in [0.15, 0.2) is 0 Å². The van der Waals surface area contributed by atoms with Crippen molar-refractivity contribution in [1.82, 2.24) is 0 Å². The molecule has 1 saturated carbocycles. The van der Waals surface area contributed by atoms with E-state index < -0.39 is 6.10 Å². The first-order chi connectivity index (χ1) is 6.69. The molecule has 2 rings (SSSR count). The molecule has 1 atom stereocenters. The summed E-state index contributed by atoms with van der Waals surface area (Å²) in [5.41, 5.74) is 6.47. The number of halogens is 1. The van der Waals surface area contributed by atoms with Crippen molar-refractivity contribution in [2.75, 3.05) is 6.54 Å². The average molecular weight is 232 g/mol. The van der Waals surface area contributed by atoms with Crippen LogP contribution in [0.1, 0.15) is 30.9 Å². The van der Waals surface area contributed by atoms with Crippen LogP contribution in [0.25, 0.3) is 0 Å². The minimum Gasteiger partial charge on any atom is -0.388 e. The lowest BCUT2D eigenvalue weighted by molar-refractivity contribution is -0.0293. The molecule has 1 unspecified atom stereocenters. The number of rotatable bonds is 3. The highest BCUT2D eigenvalue weighted by atomic mass is 35.5. The van der Waals surface area contributed by atoms with Crippen LogP contribution in [0, 0.1) is 5.41 Å². The smallest absolute Gasteiger partial charge is 0.0986 e. The van der Waals surface area contributed by atoms with Crippen molar-refractivity contribution in [2.24, 2.45) is 11.1 Å². The third-order valence-corrected chi connectivity index (χ3v) is 4.48. The summed E-state index contributed by atoms with van der Waals surface area (Å²) in [7, 11) is 0. The average Bonchev–Trinajstić information content (AvgIpc) is 2.50. The fourth-order valence-electron chi connectivity index (χ4n) is 2.05. The van der Waals surface area contributed by atoms with Gasteiger partial charge in [-0.05, 0) is 24.3 Å². The van der Waals surface area contributed by atoms with E-state index in [1.54, 1.807) is 0 Å². The number of thiophene rings is 1. The van der Waals surface area contributed by atoms with Crippen molar-refractivity contribution in [3.05, 3.63) is 21.3 Å². The molecular formula is C10H14ClNOS. The molecule has 78 valence electrons. The highest BCUT2D eigenvalue weighted by Crippen LogP contribution is 2.51. The molecule has 1 aliphatic carbocycles. The quantitative estimate of drug-likeness (QED) is 0.840. The first-order valence-corrected chi connectivity index (χ1v) is 6.06. The predicted octanol–water partition coefficient (Wildman–Crippen LogP) is 2.56. The van der Waals surface area contributed by atoms with Crippen LogP contribution in [0.4, 0.5) is 0 Å². The van der Waals surface area contributed by atoms with E-state index in [9.17, 15) is 5.11 Å². The highest BCUT2D eigenvalue weighted by molar-refractivity contribution is 7.14. The summed E-state index contributed by atoms with van der Waals surface area (Å²) < 4.78 is 0.692. The normalized spacial score (nSPS) is 21.6. The molecule has 1 aromatic rings. The maximum absolute atomic E-state index is 10.2. The summed E-state index contributed by atoms with van der Waals surface area (Å²) in [5, 5.41) is 12.1. The Balaban J connectivity index is 2.22. The Morgan fingerprint density at radius 2 is 2.36 bits per heavy atom. The van der Waals surface area contributed by atoms with Gasteiger partial charge in [0, 0.05) is 17.5 Å². The first kappa shape index (κ1) is 10.4. The van der Waals surface area contributed by atoms with Crippen LogP contribution in [-0.4, -0.2) is 11.7 Å². The second kappa shape index (κ2) is 3.81. The Morgan fingerprint density at radius 1 is 1.64 bits per heavy atom. The van der Waals surface area contributed by atoms with Gasteiger partial charge < -0.3 is 10.8 Å². The lowest BCUT2D eigenvalue weighted by atomic mass is 9.64.